The number of rotatable bonds is 57. The maximum absolute atomic E-state index is 12.9. The zero-order valence-corrected chi connectivity index (χ0v) is 47.5. The van der Waals surface area contributed by atoms with Crippen molar-refractivity contribution < 1.29 is 28.6 Å². The summed E-state index contributed by atoms with van der Waals surface area (Å²) in [6.07, 6.45) is 74.1. The fraction of sp³-hybridized carbons (Fsp3) is 0.831. The van der Waals surface area contributed by atoms with Gasteiger partial charge in [-0.25, -0.2) is 0 Å². The van der Waals surface area contributed by atoms with Crippen molar-refractivity contribution in [2.24, 2.45) is 0 Å². The molecule has 1 atom stereocenters. The minimum Gasteiger partial charge on any atom is -0.462 e. The van der Waals surface area contributed by atoms with Crippen molar-refractivity contribution in [3.8, 4) is 0 Å². The number of allylic oxidation sites excluding steroid dienone is 8. The smallest absolute Gasteiger partial charge is 0.306 e. The molecule has 1 unspecified atom stereocenters. The van der Waals surface area contributed by atoms with Gasteiger partial charge in [-0.3, -0.25) is 14.4 Å². The standard InChI is InChI=1S/C65H118O6/c1-4-7-10-13-16-19-22-25-27-29-31-32-33-34-36-37-40-43-46-49-52-55-58-64(67)70-61-62(60-69-63(66)57-54-51-48-45-42-39-24-21-18-15-12-9-6-3)71-65(68)59-56-53-50-47-44-41-38-35-30-28-26-23-20-17-14-11-8-5-2/h9,12,18,21,28,30,39,42,62H,4-8,10-11,13-17,19-20,22-27,29,31-38,40-41,43-61H2,1-3H3/b12-9-,21-18-,30-28-,42-39-. The minimum absolute atomic E-state index is 0.0809. The Labute approximate surface area is 441 Å². The van der Waals surface area contributed by atoms with Gasteiger partial charge in [-0.05, 0) is 77.0 Å². The largest absolute Gasteiger partial charge is 0.462 e. The molecule has 0 fully saturated rings. The van der Waals surface area contributed by atoms with Crippen LogP contribution in [-0.4, -0.2) is 37.2 Å². The second-order valence-electron chi connectivity index (χ2n) is 20.9. The number of carbonyl (C=O) groups excluding carboxylic acids is 3. The van der Waals surface area contributed by atoms with Gasteiger partial charge in [0.15, 0.2) is 6.10 Å². The highest BCUT2D eigenvalue weighted by Crippen LogP contribution is 2.17. The number of esters is 3. The van der Waals surface area contributed by atoms with Crippen LogP contribution >= 0.6 is 0 Å². The molecule has 0 rings (SSSR count). The summed E-state index contributed by atoms with van der Waals surface area (Å²) in [4.78, 5) is 38.2. The van der Waals surface area contributed by atoms with Gasteiger partial charge in [-0.2, -0.15) is 0 Å². The van der Waals surface area contributed by atoms with E-state index in [0.29, 0.717) is 19.3 Å². The third-order valence-corrected chi connectivity index (χ3v) is 13.8. The summed E-state index contributed by atoms with van der Waals surface area (Å²) >= 11 is 0. The Balaban J connectivity index is 4.30. The molecule has 0 aromatic carbocycles. The van der Waals surface area contributed by atoms with Crippen LogP contribution in [0.1, 0.15) is 329 Å². The van der Waals surface area contributed by atoms with E-state index in [-0.39, 0.29) is 31.1 Å². The molecule has 0 aliphatic heterocycles. The first-order chi connectivity index (χ1) is 35.0. The fourth-order valence-corrected chi connectivity index (χ4v) is 9.16. The lowest BCUT2D eigenvalue weighted by Gasteiger charge is -2.18. The van der Waals surface area contributed by atoms with Gasteiger partial charge >= 0.3 is 17.9 Å². The molecule has 0 amide bonds. The van der Waals surface area contributed by atoms with E-state index < -0.39 is 6.10 Å². The van der Waals surface area contributed by atoms with Crippen molar-refractivity contribution in [3.05, 3.63) is 48.6 Å². The molecule has 0 bridgehead atoms. The van der Waals surface area contributed by atoms with E-state index in [4.69, 9.17) is 14.2 Å². The van der Waals surface area contributed by atoms with Crippen LogP contribution in [-0.2, 0) is 28.6 Å². The molecule has 0 aromatic rings. The summed E-state index contributed by atoms with van der Waals surface area (Å²) in [5, 5.41) is 0. The van der Waals surface area contributed by atoms with Crippen LogP contribution in [0.3, 0.4) is 0 Å². The Morgan fingerprint density at radius 3 is 0.887 bits per heavy atom. The van der Waals surface area contributed by atoms with Gasteiger partial charge < -0.3 is 14.2 Å². The van der Waals surface area contributed by atoms with Gasteiger partial charge in [-0.1, -0.05) is 281 Å². The SMILES string of the molecule is CC/C=C\C/C=C\C/C=C\CCCCCC(=O)OCC(COC(=O)CCCCCCCCCCCCCCCCCCCCCCCC)OC(=O)CCCCCCCCC/C=C\CCCCCCCCC. The minimum atomic E-state index is -0.786. The zero-order chi connectivity index (χ0) is 51.4. The van der Waals surface area contributed by atoms with E-state index in [9.17, 15) is 14.4 Å². The van der Waals surface area contributed by atoms with Gasteiger partial charge in [0, 0.05) is 19.3 Å². The van der Waals surface area contributed by atoms with Crippen LogP contribution in [0.25, 0.3) is 0 Å². The Morgan fingerprint density at radius 2 is 0.549 bits per heavy atom. The van der Waals surface area contributed by atoms with E-state index in [1.54, 1.807) is 0 Å². The zero-order valence-electron chi connectivity index (χ0n) is 47.5. The van der Waals surface area contributed by atoms with Crippen molar-refractivity contribution >= 4 is 17.9 Å². The van der Waals surface area contributed by atoms with E-state index in [1.807, 2.05) is 0 Å². The molecule has 0 spiro atoms. The molecule has 0 saturated heterocycles. The Hall–Kier alpha value is -2.63. The van der Waals surface area contributed by atoms with Crippen LogP contribution in [0, 0.1) is 0 Å². The average Bonchev–Trinajstić information content (AvgIpc) is 3.37. The predicted molar refractivity (Wildman–Crippen MR) is 307 cm³/mol. The van der Waals surface area contributed by atoms with Crippen LogP contribution in [0.4, 0.5) is 0 Å². The Kier molecular flexibility index (Phi) is 57.7. The number of ether oxygens (including phenoxy) is 3. The molecule has 0 N–H and O–H groups in total. The van der Waals surface area contributed by atoms with E-state index in [0.717, 1.165) is 83.5 Å². The number of hydrogen-bond acceptors (Lipinski definition) is 6. The Bertz CT molecular complexity index is 1230. The monoisotopic (exact) mass is 995 g/mol. The summed E-state index contributed by atoms with van der Waals surface area (Å²) in [6.45, 7) is 6.54. The molecule has 414 valence electrons. The van der Waals surface area contributed by atoms with Gasteiger partial charge in [0.2, 0.25) is 0 Å². The predicted octanol–water partition coefficient (Wildman–Crippen LogP) is 21.0. The molecule has 71 heavy (non-hydrogen) atoms. The molecular formula is C65H118O6. The lowest BCUT2D eigenvalue weighted by molar-refractivity contribution is -0.167. The summed E-state index contributed by atoms with van der Waals surface area (Å²) in [6, 6.07) is 0. The average molecular weight is 996 g/mol. The quantitative estimate of drug-likeness (QED) is 0.0261. The molecule has 6 heteroatoms. The number of unbranched alkanes of at least 4 members (excludes halogenated alkanes) is 38. The highest BCUT2D eigenvalue weighted by atomic mass is 16.6. The van der Waals surface area contributed by atoms with Crippen molar-refractivity contribution in [2.45, 2.75) is 335 Å². The lowest BCUT2D eigenvalue weighted by Crippen LogP contribution is -2.30. The van der Waals surface area contributed by atoms with E-state index >= 15 is 0 Å². The first kappa shape index (κ1) is 68.4. The maximum Gasteiger partial charge on any atom is 0.306 e. The third kappa shape index (κ3) is 58.1. The van der Waals surface area contributed by atoms with Crippen molar-refractivity contribution in [3.63, 3.8) is 0 Å². The first-order valence-corrected chi connectivity index (χ1v) is 31.1. The van der Waals surface area contributed by atoms with Crippen LogP contribution in [0.15, 0.2) is 48.6 Å². The van der Waals surface area contributed by atoms with Crippen LogP contribution in [0.5, 0.6) is 0 Å². The van der Waals surface area contributed by atoms with Crippen LogP contribution < -0.4 is 0 Å². The van der Waals surface area contributed by atoms with Gasteiger partial charge in [-0.15, -0.1) is 0 Å². The molecule has 0 aromatic heterocycles. The van der Waals surface area contributed by atoms with Gasteiger partial charge in [0.25, 0.3) is 0 Å². The van der Waals surface area contributed by atoms with Crippen molar-refractivity contribution in [2.75, 3.05) is 13.2 Å². The molecule has 0 radical (unpaired) electrons. The molecule has 0 heterocycles. The number of carbonyl (C=O) groups is 3. The summed E-state index contributed by atoms with van der Waals surface area (Å²) < 4.78 is 16.9. The van der Waals surface area contributed by atoms with Gasteiger partial charge in [0.05, 0.1) is 0 Å². The molecule has 0 aliphatic carbocycles. The van der Waals surface area contributed by atoms with Crippen molar-refractivity contribution in [1.82, 2.24) is 0 Å². The molecule has 0 saturated carbocycles. The lowest BCUT2D eigenvalue weighted by atomic mass is 10.0. The van der Waals surface area contributed by atoms with Gasteiger partial charge in [0.1, 0.15) is 13.2 Å². The van der Waals surface area contributed by atoms with Crippen LogP contribution in [0.2, 0.25) is 0 Å². The van der Waals surface area contributed by atoms with Crippen molar-refractivity contribution in [1.29, 1.82) is 0 Å². The highest BCUT2D eigenvalue weighted by molar-refractivity contribution is 5.71. The summed E-state index contributed by atoms with van der Waals surface area (Å²) in [7, 11) is 0. The third-order valence-electron chi connectivity index (χ3n) is 13.8. The Morgan fingerprint density at radius 1 is 0.296 bits per heavy atom. The number of hydrogen-bond donors (Lipinski definition) is 0. The second kappa shape index (κ2) is 59.9. The molecular weight excluding hydrogens is 877 g/mol. The first-order valence-electron chi connectivity index (χ1n) is 31.1. The normalized spacial score (nSPS) is 12.3. The summed E-state index contributed by atoms with van der Waals surface area (Å²) in [5.41, 5.74) is 0. The topological polar surface area (TPSA) is 78.9 Å². The van der Waals surface area contributed by atoms with E-state index in [1.165, 1.54) is 205 Å². The fourth-order valence-electron chi connectivity index (χ4n) is 9.16. The molecule has 0 aliphatic rings. The second-order valence-corrected chi connectivity index (χ2v) is 20.9. The maximum atomic E-state index is 12.9. The highest BCUT2D eigenvalue weighted by Gasteiger charge is 2.19. The summed E-state index contributed by atoms with van der Waals surface area (Å²) in [5.74, 6) is -0.898. The van der Waals surface area contributed by atoms with E-state index in [2.05, 4.69) is 69.4 Å². The molecule has 6 nitrogen and oxygen atoms in total.